The van der Waals surface area contributed by atoms with Gasteiger partial charge in [0.15, 0.2) is 5.82 Å². The van der Waals surface area contributed by atoms with Gasteiger partial charge < -0.3 is 19.9 Å². The van der Waals surface area contributed by atoms with E-state index in [0.29, 0.717) is 23.2 Å². The molecule has 2 N–H and O–H groups in total. The van der Waals surface area contributed by atoms with Gasteiger partial charge in [0.05, 0.1) is 45.1 Å². The van der Waals surface area contributed by atoms with Crippen molar-refractivity contribution < 1.29 is 29.1 Å². The topological polar surface area (TPSA) is 112 Å². The average Bonchev–Trinajstić information content (AvgIpc) is 3.40. The minimum absolute atomic E-state index is 0.0131. The highest BCUT2D eigenvalue weighted by Crippen LogP contribution is 2.35. The normalized spacial score (nSPS) is 18.8. The summed E-state index contributed by atoms with van der Waals surface area (Å²) in [5.41, 5.74) is 1.17. The van der Waals surface area contributed by atoms with Crippen molar-refractivity contribution in [2.24, 2.45) is 0 Å². The highest BCUT2D eigenvalue weighted by molar-refractivity contribution is 5.89. The minimum Gasteiger partial charge on any atom is -0.479 e. The van der Waals surface area contributed by atoms with Crippen LogP contribution in [0.1, 0.15) is 27.1 Å². The lowest BCUT2D eigenvalue weighted by atomic mass is 9.93. The van der Waals surface area contributed by atoms with Crippen molar-refractivity contribution in [3.8, 4) is 17.0 Å². The molecule has 1 fully saturated rings. The number of nitrogens with zero attached hydrogens (tertiary/aromatic N) is 6. The molecule has 36 heavy (non-hydrogen) atoms. The average molecular weight is 507 g/mol. The number of aromatic nitrogens is 6. The highest BCUT2D eigenvalue weighted by atomic mass is 19.3. The van der Waals surface area contributed by atoms with Gasteiger partial charge in [-0.05, 0) is 43.4 Å². The SMILES string of the molecule is [2H]c1c(F)c(-c2ccc3nnn(CC(F)F)c3c2)c2c(OC)nc(N[C@H]3CC[C@@H](OCCO)CC3)nn12. The third kappa shape index (κ3) is 4.80. The molecular formula is C23H26F3N7O3. The number of hydrogen-bond acceptors (Lipinski definition) is 8. The zero-order chi connectivity index (χ0) is 26.1. The van der Waals surface area contributed by atoms with Crippen LogP contribution in [0.25, 0.3) is 27.7 Å². The number of aliphatic hydroxyl groups is 1. The first kappa shape index (κ1) is 23.0. The van der Waals surface area contributed by atoms with E-state index in [0.717, 1.165) is 34.9 Å². The fourth-order valence-corrected chi connectivity index (χ4v) is 4.58. The van der Waals surface area contributed by atoms with Crippen LogP contribution in [-0.4, -0.2) is 73.6 Å². The predicted octanol–water partition coefficient (Wildman–Crippen LogP) is 3.29. The van der Waals surface area contributed by atoms with Crippen molar-refractivity contribution >= 4 is 22.5 Å². The van der Waals surface area contributed by atoms with Crippen LogP contribution in [-0.2, 0) is 11.3 Å². The fraction of sp³-hybridized carbons (Fsp3) is 0.478. The molecule has 0 radical (unpaired) electrons. The molecular weight excluding hydrogens is 479 g/mol. The number of hydrogen-bond donors (Lipinski definition) is 2. The van der Waals surface area contributed by atoms with E-state index in [4.69, 9.17) is 16.0 Å². The Bertz CT molecular complexity index is 1410. The molecule has 1 saturated carbocycles. The van der Waals surface area contributed by atoms with E-state index in [-0.39, 0.29) is 41.7 Å². The number of benzene rings is 1. The van der Waals surface area contributed by atoms with E-state index in [1.54, 1.807) is 12.1 Å². The molecule has 3 aromatic heterocycles. The minimum atomic E-state index is -2.64. The molecule has 5 rings (SSSR count). The number of fused-ring (bicyclic) bond motifs is 2. The van der Waals surface area contributed by atoms with Crippen molar-refractivity contribution in [2.75, 3.05) is 25.6 Å². The summed E-state index contributed by atoms with van der Waals surface area (Å²) < 4.78 is 63.0. The molecule has 3 heterocycles. The smallest absolute Gasteiger partial charge is 0.258 e. The third-order valence-electron chi connectivity index (χ3n) is 6.24. The van der Waals surface area contributed by atoms with E-state index in [9.17, 15) is 8.78 Å². The van der Waals surface area contributed by atoms with Crippen molar-refractivity contribution in [1.29, 1.82) is 0 Å². The second-order valence-corrected chi connectivity index (χ2v) is 8.58. The second kappa shape index (κ2) is 10.3. The molecule has 4 aromatic rings. The van der Waals surface area contributed by atoms with Crippen LogP contribution in [0.15, 0.2) is 24.4 Å². The highest BCUT2D eigenvalue weighted by Gasteiger charge is 2.25. The summed E-state index contributed by atoms with van der Waals surface area (Å²) in [4.78, 5) is 4.42. The first-order valence-corrected chi connectivity index (χ1v) is 11.6. The monoisotopic (exact) mass is 506 g/mol. The molecule has 1 aromatic carbocycles. The molecule has 0 bridgehead atoms. The molecule has 0 unspecified atom stereocenters. The molecule has 0 aliphatic heterocycles. The second-order valence-electron chi connectivity index (χ2n) is 8.58. The number of alkyl halides is 2. The Hall–Kier alpha value is -3.45. The molecule has 1 aliphatic carbocycles. The van der Waals surface area contributed by atoms with Gasteiger partial charge in [-0.15, -0.1) is 10.2 Å². The lowest BCUT2D eigenvalue weighted by Gasteiger charge is -2.29. The largest absolute Gasteiger partial charge is 0.479 e. The first-order valence-electron chi connectivity index (χ1n) is 12.1. The maximum Gasteiger partial charge on any atom is 0.258 e. The fourth-order valence-electron chi connectivity index (χ4n) is 4.58. The Morgan fingerprint density at radius 2 is 2.08 bits per heavy atom. The van der Waals surface area contributed by atoms with E-state index in [2.05, 4.69) is 25.7 Å². The third-order valence-corrected chi connectivity index (χ3v) is 6.24. The maximum absolute atomic E-state index is 15.4. The Morgan fingerprint density at radius 1 is 1.28 bits per heavy atom. The van der Waals surface area contributed by atoms with Crippen LogP contribution in [0.4, 0.5) is 19.1 Å². The van der Waals surface area contributed by atoms with E-state index >= 15 is 4.39 Å². The number of anilines is 1. The molecule has 1 aliphatic rings. The summed E-state index contributed by atoms with van der Waals surface area (Å²) in [7, 11) is 1.39. The lowest BCUT2D eigenvalue weighted by molar-refractivity contribution is 0.00718. The quantitative estimate of drug-likeness (QED) is 0.356. The number of methoxy groups -OCH3 is 1. The van der Waals surface area contributed by atoms with Crippen LogP contribution in [0.3, 0.4) is 0 Å². The molecule has 0 atom stereocenters. The number of nitrogens with one attached hydrogen (secondary N) is 1. The van der Waals surface area contributed by atoms with Crippen molar-refractivity contribution in [3.05, 3.63) is 30.2 Å². The summed E-state index contributed by atoms with van der Waals surface area (Å²) in [6.45, 7) is -0.355. The lowest BCUT2D eigenvalue weighted by Crippen LogP contribution is -2.31. The van der Waals surface area contributed by atoms with Crippen molar-refractivity contribution in [1.82, 2.24) is 29.6 Å². The van der Waals surface area contributed by atoms with Gasteiger partial charge in [0.1, 0.15) is 17.6 Å². The van der Waals surface area contributed by atoms with Gasteiger partial charge in [0.25, 0.3) is 6.43 Å². The number of halogens is 3. The van der Waals surface area contributed by atoms with Crippen LogP contribution in [0, 0.1) is 5.82 Å². The van der Waals surface area contributed by atoms with Crippen LogP contribution in [0.2, 0.25) is 0 Å². The van der Waals surface area contributed by atoms with Gasteiger partial charge >= 0.3 is 0 Å². The Balaban J connectivity index is 1.48. The van der Waals surface area contributed by atoms with Crippen LogP contribution >= 0.6 is 0 Å². The van der Waals surface area contributed by atoms with E-state index in [1.807, 2.05) is 0 Å². The zero-order valence-corrected chi connectivity index (χ0v) is 19.5. The van der Waals surface area contributed by atoms with Crippen LogP contribution < -0.4 is 10.1 Å². The summed E-state index contributed by atoms with van der Waals surface area (Å²) in [6.07, 6.45) is 0.161. The maximum atomic E-state index is 15.4. The summed E-state index contributed by atoms with van der Waals surface area (Å²) in [6, 6.07) is 4.68. The van der Waals surface area contributed by atoms with Gasteiger partial charge in [-0.1, -0.05) is 11.3 Å². The van der Waals surface area contributed by atoms with Gasteiger partial charge in [0.2, 0.25) is 11.8 Å². The Kier molecular flexibility index (Phi) is 6.55. The van der Waals surface area contributed by atoms with Crippen molar-refractivity contribution in [2.45, 2.75) is 50.8 Å². The van der Waals surface area contributed by atoms with E-state index in [1.165, 1.54) is 13.2 Å². The Labute approximate surface area is 205 Å². The number of ether oxygens (including phenoxy) is 2. The molecule has 192 valence electrons. The molecule has 10 nitrogen and oxygen atoms in total. The van der Waals surface area contributed by atoms with Crippen molar-refractivity contribution in [3.63, 3.8) is 0 Å². The number of rotatable bonds is 9. The van der Waals surface area contributed by atoms with Gasteiger partial charge in [-0.2, -0.15) is 4.98 Å². The van der Waals surface area contributed by atoms with Crippen LogP contribution in [0.5, 0.6) is 5.88 Å². The standard InChI is InChI=1S/C23H26F3N7O3/c1-35-22-21-20(13-2-7-17-18(10-13)32(31-29-17)12-19(25)26)16(24)11-33(21)30-23(28-22)27-14-3-5-15(6-4-14)36-9-8-34/h2,7,10-11,14-15,19,34H,3-6,8-9,12H2,1H3,(H,27,30)/t14-,15+/i11D. The Morgan fingerprint density at radius 3 is 2.81 bits per heavy atom. The summed E-state index contributed by atoms with van der Waals surface area (Å²) in [5.74, 6) is -0.600. The van der Waals surface area contributed by atoms with Gasteiger partial charge in [0, 0.05) is 6.04 Å². The molecule has 13 heteroatoms. The molecule has 0 amide bonds. The molecule has 0 saturated heterocycles. The predicted molar refractivity (Wildman–Crippen MR) is 125 cm³/mol. The summed E-state index contributed by atoms with van der Waals surface area (Å²) in [5, 5.41) is 24.2. The van der Waals surface area contributed by atoms with Gasteiger partial charge in [-0.25, -0.2) is 22.4 Å². The first-order chi connectivity index (χ1) is 17.9. The van der Waals surface area contributed by atoms with E-state index < -0.39 is 25.0 Å². The summed E-state index contributed by atoms with van der Waals surface area (Å²) >= 11 is 0. The molecule has 0 spiro atoms. The zero-order valence-electron chi connectivity index (χ0n) is 20.5. The number of aliphatic hydroxyl groups excluding tert-OH is 1. The van der Waals surface area contributed by atoms with Gasteiger partial charge in [-0.3, -0.25) is 0 Å².